The number of fused-ring (bicyclic) bond motifs is 1. The number of benzene rings is 2. The molecule has 0 spiro atoms. The van der Waals surface area contributed by atoms with Gasteiger partial charge in [0.05, 0.1) is 27.9 Å². The fourth-order valence-electron chi connectivity index (χ4n) is 4.88. The third-order valence-corrected chi connectivity index (χ3v) is 7.85. The number of esters is 1. The summed E-state index contributed by atoms with van der Waals surface area (Å²) in [5.41, 5.74) is 4.85. The molecule has 1 aliphatic rings. The van der Waals surface area contributed by atoms with Gasteiger partial charge in [-0.1, -0.05) is 35.1 Å². The molecule has 0 N–H and O–H groups in total. The van der Waals surface area contributed by atoms with Crippen molar-refractivity contribution in [2.75, 3.05) is 0 Å². The summed E-state index contributed by atoms with van der Waals surface area (Å²) >= 11 is 7.41. The third-order valence-electron chi connectivity index (χ3n) is 6.61. The molecule has 2 aromatic carbocycles. The second-order valence-electron chi connectivity index (χ2n) is 9.73. The van der Waals surface area contributed by atoms with Crippen molar-refractivity contribution in [3.8, 4) is 5.69 Å². The molecule has 3 heterocycles. The zero-order valence-electron chi connectivity index (χ0n) is 22.2. The zero-order valence-corrected chi connectivity index (χ0v) is 23.7. The van der Waals surface area contributed by atoms with Crippen LogP contribution in [0.15, 0.2) is 75.7 Å². The summed E-state index contributed by atoms with van der Waals surface area (Å²) in [6, 6.07) is 14.7. The van der Waals surface area contributed by atoms with E-state index in [0.717, 1.165) is 28.2 Å². The fraction of sp³-hybridized carbons (Fsp3) is 0.233. The van der Waals surface area contributed by atoms with Crippen LogP contribution >= 0.6 is 22.9 Å². The molecule has 1 unspecified atom stereocenters. The van der Waals surface area contributed by atoms with Crippen LogP contribution in [0.3, 0.4) is 0 Å². The van der Waals surface area contributed by atoms with E-state index in [1.165, 1.54) is 23.5 Å². The molecule has 9 heteroatoms. The SMILES string of the molecule is CC1=C(C(=O)OC(C)C)C(c2ccc(Cl)cc2)n2c(s/c(=C/c3cc(C)n(-c4ccc(F)cc4)c3C)c2=O)=N1. The predicted octanol–water partition coefficient (Wildman–Crippen LogP) is 5.39. The normalized spacial score (nSPS) is 15.5. The Morgan fingerprint density at radius 2 is 1.77 bits per heavy atom. The Kier molecular flexibility index (Phi) is 7.18. The lowest BCUT2D eigenvalue weighted by molar-refractivity contribution is -0.143. The van der Waals surface area contributed by atoms with Crippen LogP contribution in [-0.2, 0) is 9.53 Å². The number of hydrogen-bond donors (Lipinski definition) is 0. The summed E-state index contributed by atoms with van der Waals surface area (Å²) in [5.74, 6) is -0.812. The summed E-state index contributed by atoms with van der Waals surface area (Å²) < 4.78 is 23.1. The molecule has 0 saturated heterocycles. The molecule has 0 saturated carbocycles. The summed E-state index contributed by atoms with van der Waals surface area (Å²) in [7, 11) is 0. The van der Waals surface area contributed by atoms with Crippen molar-refractivity contribution in [3.63, 3.8) is 0 Å². The number of allylic oxidation sites excluding steroid dienone is 1. The molecule has 0 bridgehead atoms. The zero-order chi connectivity index (χ0) is 28.0. The van der Waals surface area contributed by atoms with Gasteiger partial charge in [0.1, 0.15) is 5.82 Å². The fourth-order valence-corrected chi connectivity index (χ4v) is 6.05. The minimum absolute atomic E-state index is 0.257. The Hall–Kier alpha value is -3.75. The monoisotopic (exact) mass is 563 g/mol. The van der Waals surface area contributed by atoms with Gasteiger partial charge in [-0.2, -0.15) is 0 Å². The smallest absolute Gasteiger partial charge is 0.338 e. The van der Waals surface area contributed by atoms with E-state index in [9.17, 15) is 14.0 Å². The number of hydrogen-bond acceptors (Lipinski definition) is 5. The Bertz CT molecular complexity index is 1800. The summed E-state index contributed by atoms with van der Waals surface area (Å²) in [6.07, 6.45) is 1.51. The van der Waals surface area contributed by atoms with Gasteiger partial charge in [-0.25, -0.2) is 14.2 Å². The average molecular weight is 564 g/mol. The number of aromatic nitrogens is 2. The van der Waals surface area contributed by atoms with Crippen molar-refractivity contribution in [1.82, 2.24) is 9.13 Å². The highest BCUT2D eigenvalue weighted by Gasteiger charge is 2.33. The van der Waals surface area contributed by atoms with Crippen LogP contribution in [-0.4, -0.2) is 21.2 Å². The Labute approximate surface area is 234 Å². The van der Waals surface area contributed by atoms with Crippen molar-refractivity contribution in [1.29, 1.82) is 0 Å². The van der Waals surface area contributed by atoms with Crippen LogP contribution in [0.1, 0.15) is 49.3 Å². The van der Waals surface area contributed by atoms with Crippen molar-refractivity contribution < 1.29 is 13.9 Å². The maximum absolute atomic E-state index is 13.9. The maximum atomic E-state index is 13.9. The van der Waals surface area contributed by atoms with E-state index in [-0.39, 0.29) is 17.5 Å². The van der Waals surface area contributed by atoms with Crippen LogP contribution in [0.5, 0.6) is 0 Å². The molecule has 0 amide bonds. The first kappa shape index (κ1) is 26.8. The van der Waals surface area contributed by atoms with Gasteiger partial charge in [-0.15, -0.1) is 0 Å². The first-order chi connectivity index (χ1) is 18.5. The predicted molar refractivity (Wildman–Crippen MR) is 152 cm³/mol. The van der Waals surface area contributed by atoms with E-state index in [4.69, 9.17) is 16.3 Å². The lowest BCUT2D eigenvalue weighted by atomic mass is 9.96. The molecule has 0 radical (unpaired) electrons. The Balaban J connectivity index is 1.68. The maximum Gasteiger partial charge on any atom is 0.338 e. The second-order valence-corrected chi connectivity index (χ2v) is 11.2. The third kappa shape index (κ3) is 5.02. The summed E-state index contributed by atoms with van der Waals surface area (Å²) in [6.45, 7) is 9.24. The molecule has 1 atom stereocenters. The van der Waals surface area contributed by atoms with Gasteiger partial charge in [-0.3, -0.25) is 9.36 Å². The molecule has 6 nitrogen and oxygen atoms in total. The average Bonchev–Trinajstić information content (AvgIpc) is 3.33. The number of carbonyl (C=O) groups is 1. The number of nitrogens with zero attached hydrogens (tertiary/aromatic N) is 3. The standard InChI is InChI=1S/C30H27ClFN3O3S/c1-16(2)38-29(37)26-18(4)33-30-35(27(26)20-6-8-22(31)9-7-20)28(36)25(39-30)15-21-14-17(3)34(19(21)5)24-12-10-23(32)11-13-24/h6-16,27H,1-5H3/b25-15+. The molecule has 1 aliphatic heterocycles. The largest absolute Gasteiger partial charge is 0.459 e. The van der Waals surface area contributed by atoms with Crippen LogP contribution < -0.4 is 14.9 Å². The van der Waals surface area contributed by atoms with Crippen LogP contribution in [0.4, 0.5) is 4.39 Å². The van der Waals surface area contributed by atoms with E-state index < -0.39 is 12.0 Å². The summed E-state index contributed by atoms with van der Waals surface area (Å²) in [5, 5.41) is 0.551. The highest BCUT2D eigenvalue weighted by molar-refractivity contribution is 7.07. The van der Waals surface area contributed by atoms with E-state index in [1.807, 2.05) is 42.7 Å². The Morgan fingerprint density at radius 3 is 2.41 bits per heavy atom. The number of thiazole rings is 1. The minimum Gasteiger partial charge on any atom is -0.459 e. The van der Waals surface area contributed by atoms with Crippen molar-refractivity contribution >= 4 is 35.0 Å². The highest BCUT2D eigenvalue weighted by atomic mass is 35.5. The van der Waals surface area contributed by atoms with Gasteiger partial charge in [0.2, 0.25) is 0 Å². The topological polar surface area (TPSA) is 65.6 Å². The molecule has 0 aliphatic carbocycles. The molecular formula is C30H27ClFN3O3S. The van der Waals surface area contributed by atoms with Gasteiger partial charge < -0.3 is 9.30 Å². The minimum atomic E-state index is -0.710. The number of halogens is 2. The summed E-state index contributed by atoms with van der Waals surface area (Å²) in [4.78, 5) is 32.3. The van der Waals surface area contributed by atoms with Crippen molar-refractivity contribution in [3.05, 3.63) is 119 Å². The lowest BCUT2D eigenvalue weighted by Gasteiger charge is -2.25. The molecular weight excluding hydrogens is 537 g/mol. The van der Waals surface area contributed by atoms with Gasteiger partial charge in [0.25, 0.3) is 5.56 Å². The Morgan fingerprint density at radius 1 is 1.10 bits per heavy atom. The number of aryl methyl sites for hydroxylation is 1. The number of rotatable bonds is 5. The lowest BCUT2D eigenvalue weighted by Crippen LogP contribution is -2.40. The van der Waals surface area contributed by atoms with Crippen LogP contribution in [0, 0.1) is 19.7 Å². The molecule has 39 heavy (non-hydrogen) atoms. The molecule has 200 valence electrons. The molecule has 2 aromatic heterocycles. The second kappa shape index (κ2) is 10.4. The van der Waals surface area contributed by atoms with Gasteiger partial charge in [0, 0.05) is 22.1 Å². The van der Waals surface area contributed by atoms with E-state index in [1.54, 1.807) is 49.6 Å². The number of carbonyl (C=O) groups excluding carboxylic acids is 1. The molecule has 4 aromatic rings. The van der Waals surface area contributed by atoms with Crippen LogP contribution in [0.25, 0.3) is 11.8 Å². The van der Waals surface area contributed by atoms with Crippen molar-refractivity contribution in [2.24, 2.45) is 4.99 Å². The first-order valence-electron chi connectivity index (χ1n) is 12.5. The van der Waals surface area contributed by atoms with Gasteiger partial charge >= 0.3 is 5.97 Å². The first-order valence-corrected chi connectivity index (χ1v) is 13.7. The number of ether oxygens (including phenoxy) is 1. The van der Waals surface area contributed by atoms with Gasteiger partial charge in [0.15, 0.2) is 4.80 Å². The van der Waals surface area contributed by atoms with E-state index in [2.05, 4.69) is 4.99 Å². The highest BCUT2D eigenvalue weighted by Crippen LogP contribution is 2.31. The van der Waals surface area contributed by atoms with Crippen LogP contribution in [0.2, 0.25) is 5.02 Å². The van der Waals surface area contributed by atoms with E-state index in [0.29, 0.717) is 25.6 Å². The molecule has 0 fully saturated rings. The van der Waals surface area contributed by atoms with Gasteiger partial charge in [-0.05, 0) is 94.3 Å². The quantitative estimate of drug-likeness (QED) is 0.306. The van der Waals surface area contributed by atoms with Crippen molar-refractivity contribution in [2.45, 2.75) is 46.8 Å². The van der Waals surface area contributed by atoms with E-state index >= 15 is 0 Å². The molecule has 5 rings (SSSR count).